The second kappa shape index (κ2) is 7.97. The van der Waals surface area contributed by atoms with Crippen molar-refractivity contribution in [3.63, 3.8) is 0 Å². The van der Waals surface area contributed by atoms with Gasteiger partial charge in [-0.2, -0.15) is 0 Å². The van der Waals surface area contributed by atoms with Crippen LogP contribution in [0, 0.1) is 5.82 Å². The first kappa shape index (κ1) is 19.8. The minimum Gasteiger partial charge on any atom is -0.444 e. The fourth-order valence-corrected chi connectivity index (χ4v) is 3.07. The molecule has 7 nitrogen and oxygen atoms in total. The van der Waals surface area contributed by atoms with Gasteiger partial charge in [-0.3, -0.25) is 9.52 Å². The van der Waals surface area contributed by atoms with Crippen LogP contribution < -0.4 is 10.0 Å². The number of ether oxygens (including phenoxy) is 1. The third kappa shape index (κ3) is 5.53. The summed E-state index contributed by atoms with van der Waals surface area (Å²) in [6.07, 6.45) is 1.45. The molecule has 2 aromatic carbocycles. The summed E-state index contributed by atoms with van der Waals surface area (Å²) in [6.45, 7) is 0. The molecule has 1 aliphatic carbocycles. The molecule has 0 saturated heterocycles. The molecule has 148 valence electrons. The van der Waals surface area contributed by atoms with E-state index in [9.17, 15) is 22.4 Å². The molecule has 0 aliphatic heterocycles. The van der Waals surface area contributed by atoms with Crippen molar-refractivity contribution >= 4 is 27.6 Å². The highest BCUT2D eigenvalue weighted by Crippen LogP contribution is 2.25. The molecule has 3 rings (SSSR count). The lowest BCUT2D eigenvalue weighted by molar-refractivity contribution is -0.130. The van der Waals surface area contributed by atoms with Gasteiger partial charge in [-0.1, -0.05) is 18.2 Å². The Hall–Kier alpha value is -2.94. The van der Waals surface area contributed by atoms with Crippen LogP contribution >= 0.6 is 0 Å². The predicted octanol–water partition coefficient (Wildman–Crippen LogP) is 2.37. The Morgan fingerprint density at radius 2 is 1.82 bits per heavy atom. The van der Waals surface area contributed by atoms with Crippen molar-refractivity contribution in [2.75, 3.05) is 11.0 Å². The number of hydrogen-bond donors (Lipinski definition) is 2. The highest BCUT2D eigenvalue weighted by molar-refractivity contribution is 7.92. The highest BCUT2D eigenvalue weighted by atomic mass is 32.2. The minimum absolute atomic E-state index is 0.0523. The molecule has 0 heterocycles. The molecule has 0 radical (unpaired) electrons. The lowest BCUT2D eigenvalue weighted by Crippen LogP contribution is -2.33. The molecule has 0 aromatic heterocycles. The van der Waals surface area contributed by atoms with Crippen molar-refractivity contribution in [1.29, 1.82) is 0 Å². The fraction of sp³-hybridized carbons (Fsp3) is 0.263. The normalized spacial score (nSPS) is 14.8. The fourth-order valence-electron chi connectivity index (χ4n) is 2.51. The van der Waals surface area contributed by atoms with Gasteiger partial charge < -0.3 is 10.1 Å². The van der Waals surface area contributed by atoms with Crippen LogP contribution in [0.3, 0.4) is 0 Å². The molecular weight excluding hydrogens is 387 g/mol. The van der Waals surface area contributed by atoms with E-state index in [2.05, 4.69) is 10.0 Å². The van der Waals surface area contributed by atoms with E-state index in [1.54, 1.807) is 0 Å². The summed E-state index contributed by atoms with van der Waals surface area (Å²) in [5, 5.41) is 2.76. The largest absolute Gasteiger partial charge is 0.444 e. The van der Waals surface area contributed by atoms with Crippen LogP contribution in [0.4, 0.5) is 10.1 Å². The average Bonchev–Trinajstić information content (AvgIpc) is 3.43. The van der Waals surface area contributed by atoms with E-state index >= 15 is 0 Å². The van der Waals surface area contributed by atoms with Gasteiger partial charge in [-0.05, 0) is 43.2 Å². The van der Waals surface area contributed by atoms with E-state index in [0.29, 0.717) is 5.56 Å². The first-order valence-electron chi connectivity index (χ1n) is 8.56. The predicted molar refractivity (Wildman–Crippen MR) is 101 cm³/mol. The quantitative estimate of drug-likeness (QED) is 0.688. The van der Waals surface area contributed by atoms with E-state index in [1.807, 2.05) is 0 Å². The van der Waals surface area contributed by atoms with Gasteiger partial charge in [0, 0.05) is 17.3 Å². The number of anilines is 1. The average molecular weight is 406 g/mol. The zero-order chi connectivity index (χ0) is 20.3. The Labute approximate surface area is 161 Å². The lowest BCUT2D eigenvalue weighted by atomic mass is 10.1. The van der Waals surface area contributed by atoms with Crippen molar-refractivity contribution in [3.05, 3.63) is 65.5 Å². The lowest BCUT2D eigenvalue weighted by Gasteiger charge is -2.18. The molecule has 2 N–H and O–H groups in total. The van der Waals surface area contributed by atoms with Gasteiger partial charge in [0.25, 0.3) is 5.91 Å². The molecule has 0 spiro atoms. The van der Waals surface area contributed by atoms with Gasteiger partial charge in [0.05, 0.1) is 11.8 Å². The molecular formula is C19H19FN2O5S. The molecule has 1 fully saturated rings. The van der Waals surface area contributed by atoms with Crippen LogP contribution in [-0.4, -0.2) is 32.6 Å². The molecule has 0 bridgehead atoms. The Bertz CT molecular complexity index is 988. The molecule has 1 unspecified atom stereocenters. The number of halogens is 1. The Morgan fingerprint density at radius 1 is 1.14 bits per heavy atom. The third-order valence-electron chi connectivity index (χ3n) is 3.96. The highest BCUT2D eigenvalue weighted by Gasteiger charge is 2.31. The number of carbonyl (C=O) groups is 2. The van der Waals surface area contributed by atoms with Crippen LogP contribution in [0.2, 0.25) is 0 Å². The van der Waals surface area contributed by atoms with Crippen molar-refractivity contribution < 1.29 is 27.1 Å². The number of amides is 1. The van der Waals surface area contributed by atoms with Gasteiger partial charge in [0.2, 0.25) is 16.1 Å². The van der Waals surface area contributed by atoms with Crippen molar-refractivity contribution in [3.8, 4) is 0 Å². The second-order valence-corrected chi connectivity index (χ2v) is 8.32. The summed E-state index contributed by atoms with van der Waals surface area (Å²) in [5.41, 5.74) is 0.594. The zero-order valence-electron chi connectivity index (χ0n) is 15.0. The first-order valence-corrected chi connectivity index (χ1v) is 10.4. The number of esters is 1. The SMILES string of the molecule is CS(=O)(=O)Nc1cccc(C(=O)OC(C(=O)NC2CC2)c2ccc(F)cc2)c1. The van der Waals surface area contributed by atoms with E-state index in [0.717, 1.165) is 19.1 Å². The maximum atomic E-state index is 13.2. The number of rotatable bonds is 7. The van der Waals surface area contributed by atoms with Crippen LogP contribution in [0.15, 0.2) is 48.5 Å². The monoisotopic (exact) mass is 406 g/mol. The van der Waals surface area contributed by atoms with E-state index in [-0.39, 0.29) is 17.3 Å². The number of nitrogens with one attached hydrogen (secondary N) is 2. The summed E-state index contributed by atoms with van der Waals surface area (Å²) in [6, 6.07) is 10.9. The van der Waals surface area contributed by atoms with Crippen molar-refractivity contribution in [2.24, 2.45) is 0 Å². The smallest absolute Gasteiger partial charge is 0.339 e. The van der Waals surface area contributed by atoms with E-state index in [4.69, 9.17) is 4.74 Å². The van der Waals surface area contributed by atoms with Gasteiger partial charge in [-0.25, -0.2) is 17.6 Å². The molecule has 1 amide bonds. The van der Waals surface area contributed by atoms with Crippen LogP contribution in [0.1, 0.15) is 34.9 Å². The van der Waals surface area contributed by atoms with Crippen molar-refractivity contribution in [2.45, 2.75) is 25.0 Å². The molecule has 9 heteroatoms. The first-order chi connectivity index (χ1) is 13.2. The summed E-state index contributed by atoms with van der Waals surface area (Å²) in [7, 11) is -3.51. The van der Waals surface area contributed by atoms with E-state index in [1.165, 1.54) is 48.5 Å². The third-order valence-corrected chi connectivity index (χ3v) is 4.57. The van der Waals surface area contributed by atoms with Gasteiger partial charge >= 0.3 is 5.97 Å². The van der Waals surface area contributed by atoms with Crippen LogP contribution in [0.25, 0.3) is 0 Å². The second-order valence-electron chi connectivity index (χ2n) is 6.57. The molecule has 1 atom stereocenters. The number of hydrogen-bond acceptors (Lipinski definition) is 5. The zero-order valence-corrected chi connectivity index (χ0v) is 15.8. The summed E-state index contributed by atoms with van der Waals surface area (Å²) in [4.78, 5) is 25.1. The standard InChI is InChI=1S/C19H19FN2O5S/c1-28(25,26)22-16-4-2-3-13(11-16)19(24)27-17(18(23)21-15-9-10-15)12-5-7-14(20)8-6-12/h2-8,11,15,17,22H,9-10H2,1H3,(H,21,23). The van der Waals surface area contributed by atoms with Gasteiger partial charge in [0.15, 0.2) is 0 Å². The maximum absolute atomic E-state index is 13.2. The Kier molecular flexibility index (Phi) is 5.64. The number of sulfonamides is 1. The maximum Gasteiger partial charge on any atom is 0.339 e. The summed E-state index contributed by atoms with van der Waals surface area (Å²) < 4.78 is 43.6. The molecule has 28 heavy (non-hydrogen) atoms. The Balaban J connectivity index is 1.81. The summed E-state index contributed by atoms with van der Waals surface area (Å²) in [5.74, 6) is -1.78. The minimum atomic E-state index is -3.51. The molecule has 1 saturated carbocycles. The topological polar surface area (TPSA) is 102 Å². The number of carbonyl (C=O) groups excluding carboxylic acids is 2. The molecule has 1 aliphatic rings. The Morgan fingerprint density at radius 3 is 2.43 bits per heavy atom. The van der Waals surface area contributed by atoms with Crippen LogP contribution in [0.5, 0.6) is 0 Å². The van der Waals surface area contributed by atoms with Gasteiger partial charge in [0.1, 0.15) is 5.82 Å². The molecule has 2 aromatic rings. The van der Waals surface area contributed by atoms with Crippen molar-refractivity contribution in [1.82, 2.24) is 5.32 Å². The number of benzene rings is 2. The van der Waals surface area contributed by atoms with Gasteiger partial charge in [-0.15, -0.1) is 0 Å². The van der Waals surface area contributed by atoms with E-state index < -0.39 is 33.8 Å². The van der Waals surface area contributed by atoms with Crippen LogP contribution in [-0.2, 0) is 19.6 Å². The summed E-state index contributed by atoms with van der Waals surface area (Å²) >= 11 is 0.